The Balaban J connectivity index is 4.60. The molecule has 1 atom stereocenters. The number of alkyl halides is 6. The number of halogens is 6. The van der Waals surface area contributed by atoms with E-state index in [0.29, 0.717) is 12.8 Å². The van der Waals surface area contributed by atoms with Crippen molar-refractivity contribution in [3.8, 4) is 0 Å². The number of hydrogen-bond acceptors (Lipinski definition) is 4. The molecule has 0 aliphatic rings. The van der Waals surface area contributed by atoms with Gasteiger partial charge in [-0.05, 0) is 19.3 Å². The predicted octanol–water partition coefficient (Wildman–Crippen LogP) is 1.84. The molecule has 1 unspecified atom stereocenters. The first-order valence-electron chi connectivity index (χ1n) is 7.29. The second-order valence-electron chi connectivity index (χ2n) is 4.94. The number of hydrogen-bond donors (Lipinski definition) is 2. The average molecular weight is 380 g/mol. The third-order valence-corrected chi connectivity index (χ3v) is 2.80. The normalized spacial score (nSPS) is 13.1. The van der Waals surface area contributed by atoms with Gasteiger partial charge in [0.2, 0.25) is 0 Å². The van der Waals surface area contributed by atoms with Crippen LogP contribution >= 0.6 is 0 Å². The van der Waals surface area contributed by atoms with Crippen molar-refractivity contribution < 1.29 is 45.5 Å². The molecular formula is C13H18F6N2O4. The van der Waals surface area contributed by atoms with Gasteiger partial charge in [-0.2, -0.15) is 26.3 Å². The number of carbonyl (C=O) groups excluding carboxylic acids is 3. The first-order chi connectivity index (χ1) is 11.4. The van der Waals surface area contributed by atoms with Gasteiger partial charge in [-0.1, -0.05) is 13.3 Å². The second-order valence-corrected chi connectivity index (χ2v) is 4.94. The lowest BCUT2D eigenvalue weighted by molar-refractivity contribution is -0.176. The topological polar surface area (TPSA) is 84.5 Å². The van der Waals surface area contributed by atoms with Crippen molar-refractivity contribution in [3.63, 3.8) is 0 Å². The number of rotatable bonds is 9. The van der Waals surface area contributed by atoms with Gasteiger partial charge in [-0.25, -0.2) is 4.79 Å². The number of ether oxygens (including phenoxy) is 1. The van der Waals surface area contributed by atoms with Gasteiger partial charge in [0.1, 0.15) is 6.04 Å². The average Bonchev–Trinajstić information content (AvgIpc) is 2.47. The zero-order valence-corrected chi connectivity index (χ0v) is 13.2. The highest BCUT2D eigenvalue weighted by Crippen LogP contribution is 2.16. The largest absolute Gasteiger partial charge is 0.471 e. The van der Waals surface area contributed by atoms with Crippen LogP contribution in [0.25, 0.3) is 0 Å². The molecule has 0 aromatic heterocycles. The van der Waals surface area contributed by atoms with E-state index in [-0.39, 0.29) is 13.0 Å². The van der Waals surface area contributed by atoms with Gasteiger partial charge in [0.25, 0.3) is 0 Å². The molecule has 0 rings (SSSR count). The Morgan fingerprint density at radius 3 is 2.00 bits per heavy atom. The Labute approximate surface area is 139 Å². The maximum absolute atomic E-state index is 12.3. The SMILES string of the molecule is CCCCOC(=O)C(CCCNC(=O)C(F)(F)F)NC(=O)C(F)(F)F. The Kier molecular flexibility index (Phi) is 9.28. The molecule has 0 aliphatic heterocycles. The lowest BCUT2D eigenvalue weighted by Gasteiger charge is -2.18. The van der Waals surface area contributed by atoms with Crippen LogP contribution in [0.4, 0.5) is 26.3 Å². The molecule has 0 spiro atoms. The second kappa shape index (κ2) is 10.1. The van der Waals surface area contributed by atoms with E-state index in [4.69, 9.17) is 4.74 Å². The van der Waals surface area contributed by atoms with E-state index in [9.17, 15) is 40.7 Å². The summed E-state index contributed by atoms with van der Waals surface area (Å²) in [5.41, 5.74) is 0. The lowest BCUT2D eigenvalue weighted by atomic mass is 10.1. The molecule has 0 saturated carbocycles. The first-order valence-corrected chi connectivity index (χ1v) is 7.29. The number of nitrogens with one attached hydrogen (secondary N) is 2. The highest BCUT2D eigenvalue weighted by Gasteiger charge is 2.41. The van der Waals surface area contributed by atoms with E-state index in [0.717, 1.165) is 0 Å². The molecule has 0 aromatic carbocycles. The minimum absolute atomic E-state index is 0.0709. The summed E-state index contributed by atoms with van der Waals surface area (Å²) in [5, 5.41) is 2.93. The third-order valence-electron chi connectivity index (χ3n) is 2.80. The summed E-state index contributed by atoms with van der Waals surface area (Å²) < 4.78 is 77.4. The van der Waals surface area contributed by atoms with E-state index in [2.05, 4.69) is 0 Å². The Bertz CT molecular complexity index is 464. The van der Waals surface area contributed by atoms with Crippen LogP contribution in [0.1, 0.15) is 32.6 Å². The van der Waals surface area contributed by atoms with E-state index in [1.807, 2.05) is 0 Å². The minimum Gasteiger partial charge on any atom is -0.464 e. The lowest BCUT2D eigenvalue weighted by Crippen LogP contribution is -2.48. The van der Waals surface area contributed by atoms with Crippen LogP contribution in [0.5, 0.6) is 0 Å². The Morgan fingerprint density at radius 1 is 0.960 bits per heavy atom. The monoisotopic (exact) mass is 380 g/mol. The third kappa shape index (κ3) is 9.77. The molecule has 6 nitrogen and oxygen atoms in total. The summed E-state index contributed by atoms with van der Waals surface area (Å²) in [6, 6.07) is -1.69. The summed E-state index contributed by atoms with van der Waals surface area (Å²) in [5.74, 6) is -5.72. The van der Waals surface area contributed by atoms with Gasteiger partial charge in [-0.15, -0.1) is 0 Å². The van der Waals surface area contributed by atoms with Gasteiger partial charge < -0.3 is 15.4 Å². The summed E-state index contributed by atoms with van der Waals surface area (Å²) >= 11 is 0. The molecule has 0 fully saturated rings. The van der Waals surface area contributed by atoms with E-state index in [1.54, 1.807) is 6.92 Å². The van der Waals surface area contributed by atoms with Crippen LogP contribution in [-0.2, 0) is 19.1 Å². The van der Waals surface area contributed by atoms with Gasteiger partial charge >= 0.3 is 30.1 Å². The predicted molar refractivity (Wildman–Crippen MR) is 72.2 cm³/mol. The van der Waals surface area contributed by atoms with Crippen molar-refractivity contribution in [2.24, 2.45) is 0 Å². The standard InChI is InChI=1S/C13H18F6N2O4/c1-2-3-7-25-9(22)8(21-11(24)13(17,18)19)5-4-6-20-10(23)12(14,15)16/h8H,2-7H2,1H3,(H,20,23)(H,21,24). The molecule has 12 heteroatoms. The number of unbranched alkanes of at least 4 members (excludes halogenated alkanes) is 1. The van der Waals surface area contributed by atoms with Gasteiger partial charge in [-0.3, -0.25) is 9.59 Å². The fourth-order valence-corrected chi connectivity index (χ4v) is 1.52. The fraction of sp³-hybridized carbons (Fsp3) is 0.769. The number of carbonyl (C=O) groups is 3. The summed E-state index contributed by atoms with van der Waals surface area (Å²) in [7, 11) is 0. The molecule has 25 heavy (non-hydrogen) atoms. The van der Waals surface area contributed by atoms with E-state index < -0.39 is 49.1 Å². The minimum atomic E-state index is -5.23. The summed E-state index contributed by atoms with van der Waals surface area (Å²) in [6.45, 7) is 1.16. The van der Waals surface area contributed by atoms with Crippen LogP contribution in [0, 0.1) is 0 Å². The summed E-state index contributed by atoms with van der Waals surface area (Å²) in [6.07, 6.45) is -9.95. The Morgan fingerprint density at radius 2 is 1.52 bits per heavy atom. The molecule has 0 aliphatic carbocycles. The van der Waals surface area contributed by atoms with Gasteiger partial charge in [0.05, 0.1) is 6.61 Å². The van der Waals surface area contributed by atoms with E-state index >= 15 is 0 Å². The van der Waals surface area contributed by atoms with Crippen molar-refractivity contribution in [1.82, 2.24) is 10.6 Å². The zero-order valence-electron chi connectivity index (χ0n) is 13.2. The number of esters is 1. The van der Waals surface area contributed by atoms with Crippen molar-refractivity contribution in [2.75, 3.05) is 13.2 Å². The highest BCUT2D eigenvalue weighted by molar-refractivity contribution is 5.87. The first kappa shape index (κ1) is 23.0. The molecular weight excluding hydrogens is 362 g/mol. The quantitative estimate of drug-likeness (QED) is 0.363. The highest BCUT2D eigenvalue weighted by atomic mass is 19.4. The van der Waals surface area contributed by atoms with Crippen LogP contribution in [-0.4, -0.2) is 49.3 Å². The molecule has 0 bridgehead atoms. The zero-order chi connectivity index (χ0) is 19.7. The molecule has 2 amide bonds. The summed E-state index contributed by atoms with van der Waals surface area (Å²) in [4.78, 5) is 33.2. The van der Waals surface area contributed by atoms with Crippen LogP contribution < -0.4 is 10.6 Å². The fourth-order valence-electron chi connectivity index (χ4n) is 1.52. The maximum atomic E-state index is 12.3. The number of amides is 2. The van der Waals surface area contributed by atoms with Gasteiger partial charge in [0, 0.05) is 6.54 Å². The molecule has 0 saturated heterocycles. The van der Waals surface area contributed by atoms with Crippen LogP contribution in [0.3, 0.4) is 0 Å². The van der Waals surface area contributed by atoms with Crippen molar-refractivity contribution in [3.05, 3.63) is 0 Å². The Hall–Kier alpha value is -2.01. The molecule has 0 radical (unpaired) electrons. The smallest absolute Gasteiger partial charge is 0.464 e. The molecule has 0 aromatic rings. The van der Waals surface area contributed by atoms with Gasteiger partial charge in [0.15, 0.2) is 0 Å². The van der Waals surface area contributed by atoms with Crippen molar-refractivity contribution in [2.45, 2.75) is 51.0 Å². The molecule has 2 N–H and O–H groups in total. The van der Waals surface area contributed by atoms with Crippen molar-refractivity contribution >= 4 is 17.8 Å². The molecule has 146 valence electrons. The maximum Gasteiger partial charge on any atom is 0.471 e. The molecule has 0 heterocycles. The van der Waals surface area contributed by atoms with Crippen LogP contribution in [0.2, 0.25) is 0 Å². The van der Waals surface area contributed by atoms with Crippen LogP contribution in [0.15, 0.2) is 0 Å². The van der Waals surface area contributed by atoms with Crippen molar-refractivity contribution in [1.29, 1.82) is 0 Å². The van der Waals surface area contributed by atoms with E-state index in [1.165, 1.54) is 10.6 Å².